The van der Waals surface area contributed by atoms with Gasteiger partial charge in [0.15, 0.2) is 0 Å². The Balaban J connectivity index is 2.28. The Labute approximate surface area is 104 Å². The van der Waals surface area contributed by atoms with Crippen molar-refractivity contribution >= 4 is 5.97 Å². The van der Waals surface area contributed by atoms with E-state index in [9.17, 15) is 4.79 Å². The molecular formula is C14H24O3. The summed E-state index contributed by atoms with van der Waals surface area (Å²) < 4.78 is 5.13. The van der Waals surface area contributed by atoms with E-state index in [0.717, 1.165) is 12.8 Å². The van der Waals surface area contributed by atoms with Crippen LogP contribution in [0, 0.1) is 11.8 Å². The van der Waals surface area contributed by atoms with E-state index in [2.05, 4.69) is 6.58 Å². The highest BCUT2D eigenvalue weighted by Crippen LogP contribution is 2.34. The quantitative estimate of drug-likeness (QED) is 0.573. The average Bonchev–Trinajstić information content (AvgIpc) is 2.31. The lowest BCUT2D eigenvalue weighted by Crippen LogP contribution is -2.22. The zero-order valence-corrected chi connectivity index (χ0v) is 10.8. The predicted octanol–water partition coefficient (Wildman–Crippen LogP) is 2.68. The van der Waals surface area contributed by atoms with Crippen molar-refractivity contribution in [3.63, 3.8) is 0 Å². The van der Waals surface area contributed by atoms with Crippen LogP contribution < -0.4 is 0 Å². The molecule has 0 bridgehead atoms. The molecule has 0 spiro atoms. The van der Waals surface area contributed by atoms with Crippen LogP contribution in [0.5, 0.6) is 0 Å². The SMILES string of the molecule is C=C(C)C(=O)OCCC1CCCCC1CCO. The van der Waals surface area contributed by atoms with Crippen LogP contribution in [0.4, 0.5) is 0 Å². The van der Waals surface area contributed by atoms with Crippen molar-refractivity contribution in [1.82, 2.24) is 0 Å². The van der Waals surface area contributed by atoms with Gasteiger partial charge in [0.25, 0.3) is 0 Å². The minimum atomic E-state index is -0.292. The van der Waals surface area contributed by atoms with E-state index in [1.165, 1.54) is 25.7 Å². The molecule has 98 valence electrons. The van der Waals surface area contributed by atoms with E-state index in [0.29, 0.717) is 24.0 Å². The van der Waals surface area contributed by atoms with Gasteiger partial charge in [-0.2, -0.15) is 0 Å². The lowest BCUT2D eigenvalue weighted by molar-refractivity contribution is -0.139. The first-order valence-electron chi connectivity index (χ1n) is 6.58. The summed E-state index contributed by atoms with van der Waals surface area (Å²) >= 11 is 0. The van der Waals surface area contributed by atoms with Gasteiger partial charge in [0.1, 0.15) is 0 Å². The van der Waals surface area contributed by atoms with Crippen LogP contribution in [0.3, 0.4) is 0 Å². The molecule has 0 aromatic carbocycles. The molecule has 1 rings (SSSR count). The Morgan fingerprint density at radius 1 is 1.29 bits per heavy atom. The van der Waals surface area contributed by atoms with Crippen LogP contribution in [0.25, 0.3) is 0 Å². The summed E-state index contributed by atoms with van der Waals surface area (Å²) in [6, 6.07) is 0. The minimum Gasteiger partial charge on any atom is -0.462 e. The topological polar surface area (TPSA) is 46.5 Å². The van der Waals surface area contributed by atoms with Gasteiger partial charge in [-0.3, -0.25) is 0 Å². The highest BCUT2D eigenvalue weighted by atomic mass is 16.5. The van der Waals surface area contributed by atoms with Gasteiger partial charge in [-0.1, -0.05) is 32.3 Å². The van der Waals surface area contributed by atoms with Crippen molar-refractivity contribution in [2.24, 2.45) is 11.8 Å². The van der Waals surface area contributed by atoms with Gasteiger partial charge in [-0.15, -0.1) is 0 Å². The van der Waals surface area contributed by atoms with Gasteiger partial charge in [0.2, 0.25) is 0 Å². The fourth-order valence-electron chi connectivity index (χ4n) is 2.64. The fourth-order valence-corrected chi connectivity index (χ4v) is 2.64. The maximum atomic E-state index is 11.2. The van der Waals surface area contributed by atoms with Crippen LogP contribution >= 0.6 is 0 Å². The van der Waals surface area contributed by atoms with Gasteiger partial charge in [-0.25, -0.2) is 4.79 Å². The monoisotopic (exact) mass is 240 g/mol. The van der Waals surface area contributed by atoms with Gasteiger partial charge in [-0.05, 0) is 31.6 Å². The highest BCUT2D eigenvalue weighted by Gasteiger charge is 2.24. The maximum Gasteiger partial charge on any atom is 0.333 e. The van der Waals surface area contributed by atoms with Gasteiger partial charge in [0, 0.05) is 12.2 Å². The molecule has 1 saturated carbocycles. The van der Waals surface area contributed by atoms with E-state index in [1.54, 1.807) is 6.92 Å². The number of rotatable bonds is 6. The Hall–Kier alpha value is -0.830. The molecule has 1 aliphatic carbocycles. The normalized spacial score (nSPS) is 24.4. The number of carbonyl (C=O) groups is 1. The number of carbonyl (C=O) groups excluding carboxylic acids is 1. The Kier molecular flexibility index (Phi) is 6.27. The first kappa shape index (κ1) is 14.2. The van der Waals surface area contributed by atoms with E-state index in [-0.39, 0.29) is 12.6 Å². The molecule has 0 saturated heterocycles. The maximum absolute atomic E-state index is 11.2. The zero-order chi connectivity index (χ0) is 12.7. The van der Waals surface area contributed by atoms with Crippen molar-refractivity contribution in [3.8, 4) is 0 Å². The summed E-state index contributed by atoms with van der Waals surface area (Å²) in [4.78, 5) is 11.2. The number of esters is 1. The Morgan fingerprint density at radius 2 is 1.88 bits per heavy atom. The molecule has 2 unspecified atom stereocenters. The van der Waals surface area contributed by atoms with Crippen molar-refractivity contribution in [1.29, 1.82) is 0 Å². The summed E-state index contributed by atoms with van der Waals surface area (Å²) in [6.07, 6.45) is 6.76. The second-order valence-corrected chi connectivity index (χ2v) is 5.02. The largest absolute Gasteiger partial charge is 0.462 e. The van der Waals surface area contributed by atoms with Crippen molar-refractivity contribution in [3.05, 3.63) is 12.2 Å². The molecule has 0 aliphatic heterocycles. The third kappa shape index (κ3) is 4.90. The molecule has 0 amide bonds. The molecule has 1 N–H and O–H groups in total. The number of aliphatic hydroxyl groups excluding tert-OH is 1. The number of aliphatic hydroxyl groups is 1. The summed E-state index contributed by atoms with van der Waals surface area (Å²) in [5.41, 5.74) is 0.459. The summed E-state index contributed by atoms with van der Waals surface area (Å²) in [7, 11) is 0. The van der Waals surface area contributed by atoms with Crippen molar-refractivity contribution in [2.45, 2.75) is 45.4 Å². The van der Waals surface area contributed by atoms with Gasteiger partial charge in [0.05, 0.1) is 6.61 Å². The zero-order valence-electron chi connectivity index (χ0n) is 10.8. The van der Waals surface area contributed by atoms with E-state index < -0.39 is 0 Å². The van der Waals surface area contributed by atoms with Crippen LogP contribution in [-0.2, 0) is 9.53 Å². The molecule has 0 radical (unpaired) electrons. The van der Waals surface area contributed by atoms with Crippen molar-refractivity contribution < 1.29 is 14.6 Å². The lowest BCUT2D eigenvalue weighted by Gasteiger charge is -2.31. The first-order chi connectivity index (χ1) is 8.15. The molecule has 2 atom stereocenters. The van der Waals surface area contributed by atoms with E-state index >= 15 is 0 Å². The van der Waals surface area contributed by atoms with E-state index in [1.807, 2.05) is 0 Å². The molecular weight excluding hydrogens is 216 g/mol. The van der Waals surface area contributed by atoms with Crippen LogP contribution in [0.1, 0.15) is 45.4 Å². The molecule has 1 aliphatic rings. The third-order valence-electron chi connectivity index (χ3n) is 3.64. The lowest BCUT2D eigenvalue weighted by atomic mass is 9.76. The molecule has 3 heteroatoms. The Bertz CT molecular complexity index is 258. The second-order valence-electron chi connectivity index (χ2n) is 5.02. The van der Waals surface area contributed by atoms with E-state index in [4.69, 9.17) is 9.84 Å². The first-order valence-corrected chi connectivity index (χ1v) is 6.58. The summed E-state index contributed by atoms with van der Waals surface area (Å²) in [5, 5.41) is 9.03. The minimum absolute atomic E-state index is 0.271. The Morgan fingerprint density at radius 3 is 2.41 bits per heavy atom. The highest BCUT2D eigenvalue weighted by molar-refractivity contribution is 5.86. The third-order valence-corrected chi connectivity index (χ3v) is 3.64. The number of ether oxygens (including phenoxy) is 1. The second kappa shape index (κ2) is 7.49. The van der Waals surface area contributed by atoms with Gasteiger partial charge >= 0.3 is 5.97 Å². The fraction of sp³-hybridized carbons (Fsp3) is 0.786. The number of hydrogen-bond acceptors (Lipinski definition) is 3. The molecule has 0 aromatic heterocycles. The molecule has 1 fully saturated rings. The predicted molar refractivity (Wildman–Crippen MR) is 67.5 cm³/mol. The molecule has 0 heterocycles. The standard InChI is InChI=1S/C14H24O3/c1-11(2)14(16)17-10-8-13-6-4-3-5-12(13)7-9-15/h12-13,15H,1,3-10H2,2H3. The average molecular weight is 240 g/mol. The van der Waals surface area contributed by atoms with Crippen LogP contribution in [0.15, 0.2) is 12.2 Å². The molecule has 3 nitrogen and oxygen atoms in total. The number of hydrogen-bond donors (Lipinski definition) is 1. The van der Waals surface area contributed by atoms with Crippen molar-refractivity contribution in [2.75, 3.05) is 13.2 Å². The van der Waals surface area contributed by atoms with Crippen LogP contribution in [-0.4, -0.2) is 24.3 Å². The summed E-state index contributed by atoms with van der Waals surface area (Å²) in [5.74, 6) is 0.922. The summed E-state index contributed by atoms with van der Waals surface area (Å²) in [6.45, 7) is 5.98. The molecule has 17 heavy (non-hydrogen) atoms. The smallest absolute Gasteiger partial charge is 0.333 e. The molecule has 0 aromatic rings. The van der Waals surface area contributed by atoms with Gasteiger partial charge < -0.3 is 9.84 Å². The van der Waals surface area contributed by atoms with Crippen LogP contribution in [0.2, 0.25) is 0 Å².